The molecule has 0 amide bonds. The van der Waals surface area contributed by atoms with Crippen LogP contribution in [-0.4, -0.2) is 77.2 Å². The molecule has 234 valence electrons. The van der Waals surface area contributed by atoms with Crippen LogP contribution in [0.5, 0.6) is 0 Å². The minimum absolute atomic E-state index is 0.852. The molecule has 0 aromatic rings. The Kier molecular flexibility index (Phi) is 8.63. The maximum absolute atomic E-state index is 13.3. The number of rotatable bonds is 12. The number of carboxylic acids is 1. The quantitative estimate of drug-likeness (QED) is 0.236. The minimum atomic E-state index is -8.86. The molecule has 0 aliphatic rings. The molecule has 0 heterocycles. The van der Waals surface area contributed by atoms with Crippen molar-refractivity contribution in [3.8, 4) is 0 Å². The van der Waals surface area contributed by atoms with E-state index in [9.17, 15) is 106 Å². The van der Waals surface area contributed by atoms with E-state index in [4.69, 9.17) is 5.11 Å². The number of alkyl halides is 23. The zero-order valence-corrected chi connectivity index (χ0v) is 16.4. The molecule has 0 aromatic carbocycles. The van der Waals surface area contributed by atoms with Crippen LogP contribution in [0, 0.1) is 0 Å². The van der Waals surface area contributed by atoms with Crippen LogP contribution in [0.1, 0.15) is 0 Å². The van der Waals surface area contributed by atoms with Gasteiger partial charge < -0.3 is 5.11 Å². The predicted molar refractivity (Wildman–Crippen MR) is 65.3 cm³/mol. The number of ether oxygens (including phenoxy) is 2. The smallest absolute Gasteiger partial charge is 0.460 e. The Balaban J connectivity index is 6.64. The molecular formula is C12HF23O4. The monoisotopic (exact) mass is 646 g/mol. The van der Waals surface area contributed by atoms with Crippen LogP contribution in [0.3, 0.4) is 0 Å². The maximum Gasteiger partial charge on any atom is 0.460 e. The Hall–Kier alpha value is -2.22. The summed E-state index contributed by atoms with van der Waals surface area (Å²) in [5.41, 5.74) is 0. The van der Waals surface area contributed by atoms with Crippen LogP contribution in [0.4, 0.5) is 101 Å². The Morgan fingerprint density at radius 2 is 0.590 bits per heavy atom. The summed E-state index contributed by atoms with van der Waals surface area (Å²) in [5, 5.41) is 7.67. The van der Waals surface area contributed by atoms with Crippen LogP contribution in [0.15, 0.2) is 0 Å². The molecule has 39 heavy (non-hydrogen) atoms. The normalized spacial score (nSPS) is 16.5. The molecule has 0 saturated heterocycles. The maximum atomic E-state index is 13.3. The van der Waals surface area contributed by atoms with Crippen molar-refractivity contribution in [2.45, 2.75) is 66.1 Å². The topological polar surface area (TPSA) is 55.8 Å². The Labute approximate surface area is 194 Å². The van der Waals surface area contributed by atoms with E-state index in [1.54, 1.807) is 0 Å². The molecule has 0 aliphatic carbocycles. The van der Waals surface area contributed by atoms with Crippen molar-refractivity contribution in [2.75, 3.05) is 0 Å². The number of carbonyl (C=O) groups is 1. The summed E-state index contributed by atoms with van der Waals surface area (Å²) in [6.07, 6.45) is -41.5. The van der Waals surface area contributed by atoms with Crippen LogP contribution in [-0.2, 0) is 14.3 Å². The molecular weight excluding hydrogens is 645 g/mol. The highest BCUT2D eigenvalue weighted by molar-refractivity contribution is 5.76. The average Bonchev–Trinajstić information content (AvgIpc) is 2.64. The van der Waals surface area contributed by atoms with Crippen LogP contribution >= 0.6 is 0 Å². The fourth-order valence-corrected chi connectivity index (χ4v) is 1.62. The minimum Gasteiger partial charge on any atom is -0.477 e. The zero-order valence-electron chi connectivity index (χ0n) is 16.4. The van der Waals surface area contributed by atoms with Crippen molar-refractivity contribution in [3.63, 3.8) is 0 Å². The molecule has 0 aromatic heterocycles. The number of carboxylic acid groups (broad SMARTS) is 1. The van der Waals surface area contributed by atoms with Gasteiger partial charge in [0, 0.05) is 0 Å². The van der Waals surface area contributed by atoms with Gasteiger partial charge in [0.25, 0.3) is 0 Å². The summed E-state index contributed by atoms with van der Waals surface area (Å²) in [4.78, 5) is 9.87. The SMILES string of the molecule is O=C(O)C(F)(F)C(F)(F)C(F)(F)OC(F)(F)C(F)(F)C(F)(F)C(F)(F)OC(F)(F)C(F)(F)C(F)(F)C(F)(F)F. The van der Waals surface area contributed by atoms with Gasteiger partial charge in [-0.2, -0.15) is 101 Å². The Morgan fingerprint density at radius 3 is 0.795 bits per heavy atom. The van der Waals surface area contributed by atoms with Crippen LogP contribution < -0.4 is 0 Å². The highest BCUT2D eigenvalue weighted by atomic mass is 19.4. The van der Waals surface area contributed by atoms with Crippen molar-refractivity contribution in [2.24, 2.45) is 0 Å². The third-order valence-corrected chi connectivity index (χ3v) is 3.78. The van der Waals surface area contributed by atoms with Crippen molar-refractivity contribution < 1.29 is 120 Å². The summed E-state index contributed by atoms with van der Waals surface area (Å²) < 4.78 is 298. The third-order valence-electron chi connectivity index (χ3n) is 3.78. The van der Waals surface area contributed by atoms with E-state index in [-0.39, 0.29) is 0 Å². The Bertz CT molecular complexity index is 917. The zero-order chi connectivity index (χ0) is 32.5. The van der Waals surface area contributed by atoms with Gasteiger partial charge in [-0.1, -0.05) is 0 Å². The van der Waals surface area contributed by atoms with Crippen molar-refractivity contribution in [1.29, 1.82) is 0 Å². The number of aliphatic carboxylic acids is 1. The summed E-state index contributed by atoms with van der Waals surface area (Å²) in [6, 6.07) is 0. The summed E-state index contributed by atoms with van der Waals surface area (Å²) >= 11 is 0. The van der Waals surface area contributed by atoms with Gasteiger partial charge in [0.2, 0.25) is 0 Å². The van der Waals surface area contributed by atoms with E-state index in [2.05, 4.69) is 0 Å². The second-order valence-electron chi connectivity index (χ2n) is 6.52. The lowest BCUT2D eigenvalue weighted by Gasteiger charge is -2.40. The van der Waals surface area contributed by atoms with Gasteiger partial charge in [-0.15, -0.1) is 0 Å². The van der Waals surface area contributed by atoms with Gasteiger partial charge in [-0.25, -0.2) is 14.3 Å². The lowest BCUT2D eigenvalue weighted by molar-refractivity contribution is -0.542. The van der Waals surface area contributed by atoms with E-state index in [0.717, 1.165) is 9.47 Å². The van der Waals surface area contributed by atoms with E-state index in [1.165, 1.54) is 0 Å². The average molecular weight is 646 g/mol. The molecule has 27 heteroatoms. The second-order valence-corrected chi connectivity index (χ2v) is 6.52. The molecule has 4 nitrogen and oxygen atoms in total. The van der Waals surface area contributed by atoms with E-state index < -0.39 is 72.1 Å². The molecule has 1 N–H and O–H groups in total. The molecule has 0 saturated carbocycles. The van der Waals surface area contributed by atoms with Gasteiger partial charge in [0.05, 0.1) is 0 Å². The van der Waals surface area contributed by atoms with E-state index in [1.807, 2.05) is 0 Å². The molecule has 0 rings (SSSR count). The highest BCUT2D eigenvalue weighted by Gasteiger charge is 2.90. The van der Waals surface area contributed by atoms with Gasteiger partial charge in [-0.05, 0) is 0 Å². The van der Waals surface area contributed by atoms with Crippen LogP contribution in [0.25, 0.3) is 0 Å². The molecule has 0 atom stereocenters. The van der Waals surface area contributed by atoms with Crippen LogP contribution in [0.2, 0.25) is 0 Å². The van der Waals surface area contributed by atoms with Gasteiger partial charge in [0.15, 0.2) is 0 Å². The third kappa shape index (κ3) is 5.30. The standard InChI is InChI=1S/C12HF23O4/c13-2(14,1(36)37)3(15,16)9(28,29)38-11(32,33)6(21,22)7(23,24)12(34,35)39-10(30,31)5(19,20)4(17,18)8(25,26)27/h(H,36,37). The molecule has 0 spiro atoms. The second kappa shape index (κ2) is 9.15. The fourth-order valence-electron chi connectivity index (χ4n) is 1.62. The molecule has 0 bridgehead atoms. The number of halogens is 23. The summed E-state index contributed by atoms with van der Waals surface area (Å²) in [5.74, 6) is -54.1. The first-order valence-electron chi connectivity index (χ1n) is 7.84. The Morgan fingerprint density at radius 1 is 0.385 bits per heavy atom. The lowest BCUT2D eigenvalue weighted by Crippen LogP contribution is -2.69. The van der Waals surface area contributed by atoms with Crippen molar-refractivity contribution in [3.05, 3.63) is 0 Å². The highest BCUT2D eigenvalue weighted by Crippen LogP contribution is 2.60. The van der Waals surface area contributed by atoms with Gasteiger partial charge in [-0.3, -0.25) is 0 Å². The summed E-state index contributed by atoms with van der Waals surface area (Å²) in [7, 11) is 0. The van der Waals surface area contributed by atoms with Crippen molar-refractivity contribution in [1.82, 2.24) is 0 Å². The number of hydrogen-bond donors (Lipinski definition) is 1. The van der Waals surface area contributed by atoms with E-state index in [0.29, 0.717) is 0 Å². The fraction of sp³-hybridized carbons (Fsp3) is 0.917. The van der Waals surface area contributed by atoms with Crippen molar-refractivity contribution >= 4 is 5.97 Å². The van der Waals surface area contributed by atoms with Gasteiger partial charge in [0.1, 0.15) is 0 Å². The van der Waals surface area contributed by atoms with E-state index >= 15 is 0 Å². The molecule has 0 aliphatic heterocycles. The first-order valence-corrected chi connectivity index (χ1v) is 7.84. The largest absolute Gasteiger partial charge is 0.477 e. The lowest BCUT2D eigenvalue weighted by atomic mass is 10.1. The molecule has 0 fully saturated rings. The molecule has 0 radical (unpaired) electrons. The number of hydrogen-bond acceptors (Lipinski definition) is 3. The predicted octanol–water partition coefficient (Wildman–Crippen LogP) is 6.85. The first kappa shape index (κ1) is 36.8. The first-order chi connectivity index (χ1) is 16.4. The van der Waals surface area contributed by atoms with Gasteiger partial charge >= 0.3 is 72.1 Å². The summed E-state index contributed by atoms with van der Waals surface area (Å²) in [6.45, 7) is 0. The molecule has 0 unspecified atom stereocenters.